The van der Waals surface area contributed by atoms with Gasteiger partial charge in [0.25, 0.3) is 0 Å². The zero-order valence-electron chi connectivity index (χ0n) is 10.8. The quantitative estimate of drug-likeness (QED) is 0.881. The van der Waals surface area contributed by atoms with Crippen LogP contribution in [0.1, 0.15) is 44.8 Å². The first-order valence-electron chi connectivity index (χ1n) is 6.28. The predicted octanol–water partition coefficient (Wildman–Crippen LogP) is 3.07. The first-order chi connectivity index (χ1) is 8.17. The second-order valence-corrected chi connectivity index (χ2v) is 4.49. The average Bonchev–Trinajstić information content (AvgIpc) is 2.62. The first kappa shape index (κ1) is 11.9. The van der Waals surface area contributed by atoms with Crippen molar-refractivity contribution >= 4 is 17.1 Å². The Morgan fingerprint density at radius 2 is 2.06 bits per heavy atom. The van der Waals surface area contributed by atoms with Gasteiger partial charge in [0.15, 0.2) is 5.65 Å². The molecule has 0 spiro atoms. The molecule has 2 N–H and O–H groups in total. The lowest BCUT2D eigenvalue weighted by Crippen LogP contribution is -2.11. The van der Waals surface area contributed by atoms with Crippen molar-refractivity contribution in [1.29, 1.82) is 0 Å². The van der Waals surface area contributed by atoms with E-state index in [1.165, 1.54) is 0 Å². The molecule has 1 atom stereocenters. The topological polar surface area (TPSA) is 56.7 Å². The van der Waals surface area contributed by atoms with Crippen LogP contribution in [0.5, 0.6) is 0 Å². The van der Waals surface area contributed by atoms with Gasteiger partial charge in [-0.2, -0.15) is 0 Å². The van der Waals surface area contributed by atoms with Crippen molar-refractivity contribution in [3.8, 4) is 0 Å². The number of pyridine rings is 1. The van der Waals surface area contributed by atoms with Gasteiger partial charge < -0.3 is 5.73 Å². The lowest BCUT2D eigenvalue weighted by molar-refractivity contribution is 0.461. The molecule has 0 bridgehead atoms. The Morgan fingerprint density at radius 3 is 2.71 bits per heavy atom. The molecule has 0 aliphatic heterocycles. The highest BCUT2D eigenvalue weighted by Crippen LogP contribution is 2.26. The van der Waals surface area contributed by atoms with Crippen LogP contribution in [0.25, 0.3) is 11.2 Å². The molecular formula is C13H20N4. The fourth-order valence-corrected chi connectivity index (χ4v) is 2.30. The number of fused-ring (bicyclic) bond motifs is 1. The molecule has 0 radical (unpaired) electrons. The third-order valence-electron chi connectivity index (χ3n) is 3.16. The largest absolute Gasteiger partial charge is 0.369 e. The van der Waals surface area contributed by atoms with E-state index in [0.717, 1.165) is 36.1 Å². The van der Waals surface area contributed by atoms with Gasteiger partial charge in [-0.1, -0.05) is 20.3 Å². The molecule has 17 heavy (non-hydrogen) atoms. The van der Waals surface area contributed by atoms with Crippen molar-refractivity contribution in [1.82, 2.24) is 14.5 Å². The molecule has 2 heterocycles. The lowest BCUT2D eigenvalue weighted by Gasteiger charge is -2.17. The summed E-state index contributed by atoms with van der Waals surface area (Å²) in [6, 6.07) is 4.36. The van der Waals surface area contributed by atoms with Crippen molar-refractivity contribution in [2.75, 3.05) is 5.73 Å². The van der Waals surface area contributed by atoms with E-state index in [4.69, 9.17) is 5.73 Å². The zero-order chi connectivity index (χ0) is 12.4. The average molecular weight is 232 g/mol. The highest BCUT2D eigenvalue weighted by atomic mass is 15.2. The Kier molecular flexibility index (Phi) is 3.31. The van der Waals surface area contributed by atoms with Crippen LogP contribution in [0.2, 0.25) is 0 Å². The van der Waals surface area contributed by atoms with Crippen molar-refractivity contribution in [2.45, 2.75) is 46.1 Å². The molecule has 0 aliphatic rings. The number of anilines is 1. The maximum atomic E-state index is 6.02. The molecule has 2 aromatic rings. The molecule has 2 rings (SSSR count). The van der Waals surface area contributed by atoms with Crippen LogP contribution in [0.4, 0.5) is 5.95 Å². The van der Waals surface area contributed by atoms with E-state index in [2.05, 4.69) is 28.4 Å². The Hall–Kier alpha value is -1.58. The van der Waals surface area contributed by atoms with Gasteiger partial charge in [-0.25, -0.2) is 9.97 Å². The van der Waals surface area contributed by atoms with E-state index < -0.39 is 0 Å². The Balaban J connectivity index is 2.57. The van der Waals surface area contributed by atoms with Gasteiger partial charge in [-0.05, 0) is 31.9 Å². The van der Waals surface area contributed by atoms with E-state index in [9.17, 15) is 0 Å². The summed E-state index contributed by atoms with van der Waals surface area (Å²) >= 11 is 0. The fourth-order valence-electron chi connectivity index (χ4n) is 2.30. The SMILES string of the molecule is CCCC(CC)n1c(N)nc2ccc(C)nc21. The van der Waals surface area contributed by atoms with Crippen LogP contribution in [0.3, 0.4) is 0 Å². The molecular weight excluding hydrogens is 212 g/mol. The molecule has 1 unspecified atom stereocenters. The summed E-state index contributed by atoms with van der Waals surface area (Å²) in [5, 5.41) is 0. The number of nitrogens with zero attached hydrogens (tertiary/aromatic N) is 3. The van der Waals surface area contributed by atoms with Crippen LogP contribution in [-0.4, -0.2) is 14.5 Å². The van der Waals surface area contributed by atoms with Crippen LogP contribution < -0.4 is 5.73 Å². The second kappa shape index (κ2) is 4.73. The second-order valence-electron chi connectivity index (χ2n) is 4.49. The van der Waals surface area contributed by atoms with Crippen molar-refractivity contribution in [3.63, 3.8) is 0 Å². The van der Waals surface area contributed by atoms with E-state index in [1.807, 2.05) is 19.1 Å². The summed E-state index contributed by atoms with van der Waals surface area (Å²) in [6.45, 7) is 6.37. The number of hydrogen-bond acceptors (Lipinski definition) is 3. The summed E-state index contributed by atoms with van der Waals surface area (Å²) < 4.78 is 2.09. The van der Waals surface area contributed by atoms with Gasteiger partial charge in [0.05, 0.1) is 0 Å². The first-order valence-corrected chi connectivity index (χ1v) is 6.28. The molecule has 2 aromatic heterocycles. The van der Waals surface area contributed by atoms with E-state index >= 15 is 0 Å². The van der Waals surface area contributed by atoms with E-state index in [1.54, 1.807) is 0 Å². The number of nitrogens with two attached hydrogens (primary N) is 1. The van der Waals surface area contributed by atoms with E-state index in [0.29, 0.717) is 12.0 Å². The molecule has 0 amide bonds. The standard InChI is InChI=1S/C13H20N4/c1-4-6-10(5-2)17-12-11(16-13(17)14)8-7-9(3)15-12/h7-8,10H,4-6H2,1-3H3,(H2,14,16). The van der Waals surface area contributed by atoms with Crippen LogP contribution in [0.15, 0.2) is 12.1 Å². The van der Waals surface area contributed by atoms with Crippen molar-refractivity contribution in [2.24, 2.45) is 0 Å². The number of aryl methyl sites for hydroxylation is 1. The van der Waals surface area contributed by atoms with Crippen LogP contribution >= 0.6 is 0 Å². The minimum atomic E-state index is 0.402. The minimum absolute atomic E-state index is 0.402. The number of rotatable bonds is 4. The van der Waals surface area contributed by atoms with Crippen molar-refractivity contribution in [3.05, 3.63) is 17.8 Å². The van der Waals surface area contributed by atoms with Gasteiger partial charge in [0.2, 0.25) is 5.95 Å². The highest BCUT2D eigenvalue weighted by Gasteiger charge is 2.16. The predicted molar refractivity (Wildman–Crippen MR) is 70.9 cm³/mol. The molecule has 0 aromatic carbocycles. The number of imidazole rings is 1. The normalized spacial score (nSPS) is 13.1. The molecule has 92 valence electrons. The van der Waals surface area contributed by atoms with Gasteiger partial charge in [-0.3, -0.25) is 4.57 Å². The molecule has 0 saturated heterocycles. The minimum Gasteiger partial charge on any atom is -0.369 e. The molecule has 4 heteroatoms. The zero-order valence-corrected chi connectivity index (χ0v) is 10.8. The van der Waals surface area contributed by atoms with Gasteiger partial charge in [0, 0.05) is 11.7 Å². The number of aromatic nitrogens is 3. The Bertz CT molecular complexity index is 515. The number of nitrogen functional groups attached to an aromatic ring is 1. The molecule has 0 fully saturated rings. The Labute approximate surface area is 102 Å². The van der Waals surface area contributed by atoms with Gasteiger partial charge in [-0.15, -0.1) is 0 Å². The monoisotopic (exact) mass is 232 g/mol. The van der Waals surface area contributed by atoms with Gasteiger partial charge in [0.1, 0.15) is 5.52 Å². The fraction of sp³-hybridized carbons (Fsp3) is 0.538. The number of hydrogen-bond donors (Lipinski definition) is 1. The molecule has 0 aliphatic carbocycles. The molecule has 0 saturated carbocycles. The molecule has 4 nitrogen and oxygen atoms in total. The maximum absolute atomic E-state index is 6.02. The van der Waals surface area contributed by atoms with Crippen LogP contribution in [-0.2, 0) is 0 Å². The summed E-state index contributed by atoms with van der Waals surface area (Å²) in [7, 11) is 0. The van der Waals surface area contributed by atoms with Gasteiger partial charge >= 0.3 is 0 Å². The lowest BCUT2D eigenvalue weighted by atomic mass is 10.1. The smallest absolute Gasteiger partial charge is 0.202 e. The summed E-state index contributed by atoms with van der Waals surface area (Å²) in [5.74, 6) is 0.582. The summed E-state index contributed by atoms with van der Waals surface area (Å²) in [6.07, 6.45) is 3.31. The summed E-state index contributed by atoms with van der Waals surface area (Å²) in [5.41, 5.74) is 8.84. The van der Waals surface area contributed by atoms with Crippen molar-refractivity contribution < 1.29 is 0 Å². The van der Waals surface area contributed by atoms with E-state index in [-0.39, 0.29) is 0 Å². The maximum Gasteiger partial charge on any atom is 0.202 e. The Morgan fingerprint density at radius 1 is 1.29 bits per heavy atom. The van der Waals surface area contributed by atoms with Crippen LogP contribution in [0, 0.1) is 6.92 Å². The third kappa shape index (κ3) is 2.12. The highest BCUT2D eigenvalue weighted by molar-refractivity contribution is 5.74. The third-order valence-corrected chi connectivity index (χ3v) is 3.16. The summed E-state index contributed by atoms with van der Waals surface area (Å²) in [4.78, 5) is 8.95.